The third kappa shape index (κ3) is 5.35. The van der Waals surface area contributed by atoms with Crippen LogP contribution in [-0.4, -0.2) is 34.1 Å². The van der Waals surface area contributed by atoms with Gasteiger partial charge in [0.15, 0.2) is 0 Å². The van der Waals surface area contributed by atoms with Crippen LogP contribution in [0.15, 0.2) is 29.2 Å². The van der Waals surface area contributed by atoms with E-state index in [1.807, 2.05) is 6.92 Å². The van der Waals surface area contributed by atoms with Crippen LogP contribution in [0.1, 0.15) is 26.7 Å². The highest BCUT2D eigenvalue weighted by atomic mass is 32.2. The average Bonchev–Trinajstić information content (AvgIpc) is 2.47. The first kappa shape index (κ1) is 17.5. The molecule has 0 radical (unpaired) electrons. The summed E-state index contributed by atoms with van der Waals surface area (Å²) in [5.74, 6) is -0.0264. The molecule has 0 bridgehead atoms. The number of unbranched alkanes of at least 4 members (excludes halogenated alkanes) is 1. The van der Waals surface area contributed by atoms with Gasteiger partial charge in [0, 0.05) is 0 Å². The Morgan fingerprint density at radius 3 is 2.43 bits per heavy atom. The van der Waals surface area contributed by atoms with Gasteiger partial charge in [-0.1, -0.05) is 13.3 Å². The molecule has 0 aliphatic carbocycles. The van der Waals surface area contributed by atoms with E-state index < -0.39 is 22.0 Å². The van der Waals surface area contributed by atoms with Crippen LogP contribution < -0.4 is 9.46 Å². The molecule has 1 aromatic carbocycles. The molecular weight excluding hydrogens is 294 g/mol. The molecule has 1 aromatic rings. The van der Waals surface area contributed by atoms with Crippen molar-refractivity contribution in [3.05, 3.63) is 24.3 Å². The molecule has 7 heteroatoms. The minimum Gasteiger partial charge on any atom is -0.497 e. The number of hydrogen-bond donors (Lipinski definition) is 1. The van der Waals surface area contributed by atoms with Crippen LogP contribution in [0.2, 0.25) is 0 Å². The summed E-state index contributed by atoms with van der Waals surface area (Å²) in [5.41, 5.74) is 0. The molecule has 6 nitrogen and oxygen atoms in total. The van der Waals surface area contributed by atoms with Crippen molar-refractivity contribution >= 4 is 16.0 Å². The molecule has 0 unspecified atom stereocenters. The van der Waals surface area contributed by atoms with Crippen LogP contribution in [0.25, 0.3) is 0 Å². The Hall–Kier alpha value is -1.60. The molecular formula is C14H21NO5S. The van der Waals surface area contributed by atoms with Gasteiger partial charge in [-0.05, 0) is 37.6 Å². The summed E-state index contributed by atoms with van der Waals surface area (Å²) < 4.78 is 36.5. The van der Waals surface area contributed by atoms with Gasteiger partial charge in [0.1, 0.15) is 11.8 Å². The number of rotatable bonds is 8. The van der Waals surface area contributed by atoms with E-state index in [1.165, 1.54) is 26.2 Å². The lowest BCUT2D eigenvalue weighted by atomic mass is 10.3. The lowest BCUT2D eigenvalue weighted by molar-refractivity contribution is -0.145. The summed E-state index contributed by atoms with van der Waals surface area (Å²) >= 11 is 0. The van der Waals surface area contributed by atoms with Crippen LogP contribution >= 0.6 is 0 Å². The number of ether oxygens (including phenoxy) is 2. The van der Waals surface area contributed by atoms with Crippen LogP contribution in [0.4, 0.5) is 0 Å². The molecule has 0 saturated heterocycles. The van der Waals surface area contributed by atoms with Gasteiger partial charge in [-0.25, -0.2) is 8.42 Å². The van der Waals surface area contributed by atoms with Crippen LogP contribution in [0.5, 0.6) is 5.75 Å². The van der Waals surface area contributed by atoms with Gasteiger partial charge in [0.05, 0.1) is 18.6 Å². The molecule has 0 heterocycles. The zero-order chi connectivity index (χ0) is 15.9. The van der Waals surface area contributed by atoms with E-state index in [9.17, 15) is 13.2 Å². The smallest absolute Gasteiger partial charge is 0.323 e. The van der Waals surface area contributed by atoms with Gasteiger partial charge in [0.2, 0.25) is 10.0 Å². The minimum atomic E-state index is -3.77. The number of carbonyl (C=O) groups excluding carboxylic acids is 1. The van der Waals surface area contributed by atoms with E-state index in [2.05, 4.69) is 4.72 Å². The van der Waals surface area contributed by atoms with E-state index in [4.69, 9.17) is 9.47 Å². The monoisotopic (exact) mass is 315 g/mol. The van der Waals surface area contributed by atoms with Gasteiger partial charge < -0.3 is 9.47 Å². The summed E-state index contributed by atoms with van der Waals surface area (Å²) in [6, 6.07) is 4.97. The molecule has 0 saturated carbocycles. The van der Waals surface area contributed by atoms with E-state index in [0.29, 0.717) is 12.4 Å². The van der Waals surface area contributed by atoms with Crippen molar-refractivity contribution in [3.63, 3.8) is 0 Å². The quantitative estimate of drug-likeness (QED) is 0.583. The highest BCUT2D eigenvalue weighted by Crippen LogP contribution is 2.15. The van der Waals surface area contributed by atoms with E-state index in [1.54, 1.807) is 12.1 Å². The van der Waals surface area contributed by atoms with Gasteiger partial charge >= 0.3 is 5.97 Å². The number of esters is 1. The van der Waals surface area contributed by atoms with Gasteiger partial charge in [0.25, 0.3) is 0 Å². The van der Waals surface area contributed by atoms with Gasteiger partial charge in [-0.2, -0.15) is 4.72 Å². The highest BCUT2D eigenvalue weighted by Gasteiger charge is 2.22. The van der Waals surface area contributed by atoms with E-state index >= 15 is 0 Å². The topological polar surface area (TPSA) is 81.7 Å². The Bertz CT molecular complexity index is 553. The largest absolute Gasteiger partial charge is 0.497 e. The fraction of sp³-hybridized carbons (Fsp3) is 0.500. The van der Waals surface area contributed by atoms with Gasteiger partial charge in [-0.15, -0.1) is 0 Å². The number of carbonyl (C=O) groups is 1. The molecule has 0 aromatic heterocycles. The Labute approximate surface area is 125 Å². The molecule has 0 spiro atoms. The zero-order valence-corrected chi connectivity index (χ0v) is 13.3. The van der Waals surface area contributed by atoms with Crippen LogP contribution in [0.3, 0.4) is 0 Å². The maximum Gasteiger partial charge on any atom is 0.323 e. The van der Waals surface area contributed by atoms with Crippen molar-refractivity contribution in [1.29, 1.82) is 0 Å². The lowest BCUT2D eigenvalue weighted by Gasteiger charge is -2.13. The molecule has 0 amide bonds. The minimum absolute atomic E-state index is 0.0662. The standard InChI is InChI=1S/C14H21NO5S/c1-4-5-10-20-14(16)11(2)15-21(17,18)13-8-6-12(19-3)7-9-13/h6-9,11,15H,4-5,10H2,1-3H3/t11-/m1/s1. The van der Waals surface area contributed by atoms with Gasteiger partial charge in [-0.3, -0.25) is 4.79 Å². The first-order chi connectivity index (χ1) is 9.90. The number of benzene rings is 1. The molecule has 1 atom stereocenters. The number of sulfonamides is 1. The van der Waals surface area contributed by atoms with E-state index in [-0.39, 0.29) is 4.90 Å². The normalized spacial score (nSPS) is 12.7. The zero-order valence-electron chi connectivity index (χ0n) is 12.5. The summed E-state index contributed by atoms with van der Waals surface area (Å²) in [6.45, 7) is 3.73. The summed E-state index contributed by atoms with van der Waals surface area (Å²) in [5, 5.41) is 0. The fourth-order valence-corrected chi connectivity index (χ4v) is 2.74. The van der Waals surface area contributed by atoms with Crippen molar-refractivity contribution < 1.29 is 22.7 Å². The Morgan fingerprint density at radius 1 is 1.29 bits per heavy atom. The van der Waals surface area contributed by atoms with Crippen molar-refractivity contribution in [2.45, 2.75) is 37.6 Å². The Balaban J connectivity index is 2.68. The molecule has 21 heavy (non-hydrogen) atoms. The van der Waals surface area contributed by atoms with Crippen LogP contribution in [0, 0.1) is 0 Å². The molecule has 0 aliphatic rings. The average molecular weight is 315 g/mol. The molecule has 0 aliphatic heterocycles. The molecule has 1 rings (SSSR count). The number of nitrogens with one attached hydrogen (secondary N) is 1. The first-order valence-corrected chi connectivity index (χ1v) is 8.22. The SMILES string of the molecule is CCCCOC(=O)[C@@H](C)NS(=O)(=O)c1ccc(OC)cc1. The van der Waals surface area contributed by atoms with E-state index in [0.717, 1.165) is 12.8 Å². The predicted octanol–water partition coefficient (Wildman–Crippen LogP) is 1.71. The Morgan fingerprint density at radius 2 is 1.90 bits per heavy atom. The first-order valence-electron chi connectivity index (χ1n) is 6.73. The maximum absolute atomic E-state index is 12.1. The summed E-state index contributed by atoms with van der Waals surface area (Å²) in [4.78, 5) is 11.7. The molecule has 0 fully saturated rings. The second kappa shape index (κ2) is 7.99. The second-order valence-electron chi connectivity index (χ2n) is 4.54. The second-order valence-corrected chi connectivity index (χ2v) is 6.25. The highest BCUT2D eigenvalue weighted by molar-refractivity contribution is 7.89. The Kier molecular flexibility index (Phi) is 6.64. The van der Waals surface area contributed by atoms with Crippen molar-refractivity contribution in [2.75, 3.05) is 13.7 Å². The predicted molar refractivity (Wildman–Crippen MR) is 78.6 cm³/mol. The van der Waals surface area contributed by atoms with Crippen molar-refractivity contribution in [3.8, 4) is 5.75 Å². The fourth-order valence-electron chi connectivity index (χ4n) is 1.55. The maximum atomic E-state index is 12.1. The summed E-state index contributed by atoms with van der Waals surface area (Å²) in [7, 11) is -2.27. The molecule has 118 valence electrons. The molecule has 1 N–H and O–H groups in total. The van der Waals surface area contributed by atoms with Crippen LogP contribution in [-0.2, 0) is 19.6 Å². The van der Waals surface area contributed by atoms with Crippen molar-refractivity contribution in [1.82, 2.24) is 4.72 Å². The number of methoxy groups -OCH3 is 1. The summed E-state index contributed by atoms with van der Waals surface area (Å²) in [6.07, 6.45) is 1.66. The third-order valence-corrected chi connectivity index (χ3v) is 4.35. The number of hydrogen-bond acceptors (Lipinski definition) is 5. The van der Waals surface area contributed by atoms with Crippen molar-refractivity contribution in [2.24, 2.45) is 0 Å². The lowest BCUT2D eigenvalue weighted by Crippen LogP contribution is -2.39. The third-order valence-electron chi connectivity index (χ3n) is 2.80.